The van der Waals surface area contributed by atoms with Crippen LogP contribution in [0.15, 0.2) is 73.1 Å². The molecule has 0 bridgehead atoms. The lowest BCUT2D eigenvalue weighted by atomic mass is 9.96. The van der Waals surface area contributed by atoms with E-state index in [-0.39, 0.29) is 16.0 Å². The van der Waals surface area contributed by atoms with E-state index in [1.165, 1.54) is 12.4 Å². The Morgan fingerprint density at radius 3 is 2.41 bits per heavy atom. The van der Waals surface area contributed by atoms with Crippen molar-refractivity contribution in [2.45, 2.75) is 0 Å². The van der Waals surface area contributed by atoms with E-state index in [1.54, 1.807) is 25.3 Å². The summed E-state index contributed by atoms with van der Waals surface area (Å²) in [5.41, 5.74) is 2.59. The van der Waals surface area contributed by atoms with Gasteiger partial charge in [0.1, 0.15) is 5.75 Å². The summed E-state index contributed by atoms with van der Waals surface area (Å²) in [6.45, 7) is 0. The molecule has 0 saturated heterocycles. The van der Waals surface area contributed by atoms with Crippen LogP contribution in [0.1, 0.15) is 10.4 Å². The highest BCUT2D eigenvalue weighted by Gasteiger charge is 2.16. The molecule has 1 N–H and O–H groups in total. The maximum absolute atomic E-state index is 12.9. The smallest absolute Gasteiger partial charge is 0.255 e. The van der Waals surface area contributed by atoms with Gasteiger partial charge in [-0.15, -0.1) is 0 Å². The minimum atomic E-state index is -0.330. The van der Waals surface area contributed by atoms with Gasteiger partial charge in [-0.3, -0.25) is 9.78 Å². The number of carbonyl (C=O) groups excluding carboxylic acids is 1. The maximum atomic E-state index is 12.9. The molecule has 4 nitrogen and oxygen atoms in total. The van der Waals surface area contributed by atoms with Gasteiger partial charge in [-0.1, -0.05) is 65.7 Å². The van der Waals surface area contributed by atoms with Gasteiger partial charge < -0.3 is 10.1 Å². The van der Waals surface area contributed by atoms with Crippen LogP contribution < -0.4 is 10.1 Å². The van der Waals surface area contributed by atoms with Crippen LogP contribution in [-0.2, 0) is 0 Å². The predicted molar refractivity (Wildman–Crippen MR) is 118 cm³/mol. The molecule has 0 aliphatic heterocycles. The summed E-state index contributed by atoms with van der Waals surface area (Å²) in [7, 11) is 1.61. The summed E-state index contributed by atoms with van der Waals surface area (Å²) in [6, 6.07) is 19.4. The van der Waals surface area contributed by atoms with Gasteiger partial charge in [-0.2, -0.15) is 0 Å². The second-order valence-corrected chi connectivity index (χ2v) is 7.19. The van der Waals surface area contributed by atoms with E-state index in [4.69, 9.17) is 27.9 Å². The SMILES string of the molecule is COc1ccc(C(=O)Nc2c(Cl)cncc2Cl)cc1-c1cccc2ccccc12. The highest BCUT2D eigenvalue weighted by Crippen LogP contribution is 2.36. The molecule has 29 heavy (non-hydrogen) atoms. The van der Waals surface area contributed by atoms with E-state index >= 15 is 0 Å². The molecule has 1 aromatic heterocycles. The van der Waals surface area contributed by atoms with Crippen LogP contribution >= 0.6 is 23.2 Å². The monoisotopic (exact) mass is 422 g/mol. The molecule has 0 fully saturated rings. The number of nitrogens with zero attached hydrogens (tertiary/aromatic N) is 1. The fourth-order valence-corrected chi connectivity index (χ4v) is 3.70. The van der Waals surface area contributed by atoms with Crippen LogP contribution in [0.3, 0.4) is 0 Å². The number of ether oxygens (including phenoxy) is 1. The Hall–Kier alpha value is -3.08. The van der Waals surface area contributed by atoms with Crippen molar-refractivity contribution in [1.29, 1.82) is 0 Å². The number of nitrogens with one attached hydrogen (secondary N) is 1. The van der Waals surface area contributed by atoms with Crippen LogP contribution in [-0.4, -0.2) is 18.0 Å². The Morgan fingerprint density at radius 1 is 0.931 bits per heavy atom. The molecule has 144 valence electrons. The van der Waals surface area contributed by atoms with Gasteiger partial charge in [0.15, 0.2) is 0 Å². The number of rotatable bonds is 4. The number of benzene rings is 3. The van der Waals surface area contributed by atoms with Crippen LogP contribution in [0.5, 0.6) is 5.75 Å². The van der Waals surface area contributed by atoms with Crippen molar-refractivity contribution in [3.05, 3.63) is 88.7 Å². The molecule has 0 aliphatic carbocycles. The van der Waals surface area contributed by atoms with E-state index < -0.39 is 0 Å². The highest BCUT2D eigenvalue weighted by atomic mass is 35.5. The highest BCUT2D eigenvalue weighted by molar-refractivity contribution is 6.39. The molecular formula is C23H16Cl2N2O2. The molecule has 1 amide bonds. The van der Waals surface area contributed by atoms with Crippen molar-refractivity contribution >= 4 is 45.6 Å². The standard InChI is InChI=1S/C23H16Cl2N2O2/c1-29-21-10-9-15(23(28)27-22-19(24)12-26-13-20(22)25)11-18(21)17-8-4-6-14-5-2-3-7-16(14)17/h2-13H,1H3,(H,26,27,28). The molecule has 4 rings (SSSR count). The molecule has 0 spiro atoms. The number of aromatic nitrogens is 1. The number of anilines is 1. The maximum Gasteiger partial charge on any atom is 0.255 e. The summed E-state index contributed by atoms with van der Waals surface area (Å²) in [4.78, 5) is 16.8. The first-order valence-electron chi connectivity index (χ1n) is 8.85. The van der Waals surface area contributed by atoms with E-state index in [0.717, 1.165) is 21.9 Å². The average molecular weight is 423 g/mol. The lowest BCUT2D eigenvalue weighted by Crippen LogP contribution is -2.13. The van der Waals surface area contributed by atoms with Crippen LogP contribution in [0, 0.1) is 0 Å². The zero-order chi connectivity index (χ0) is 20.4. The minimum absolute atomic E-state index is 0.272. The Morgan fingerprint density at radius 2 is 1.66 bits per heavy atom. The second-order valence-electron chi connectivity index (χ2n) is 6.37. The van der Waals surface area contributed by atoms with Gasteiger partial charge in [0.05, 0.1) is 22.8 Å². The first-order chi connectivity index (χ1) is 14.1. The molecule has 0 atom stereocenters. The molecule has 0 unspecified atom stereocenters. The Balaban J connectivity index is 1.79. The van der Waals surface area contributed by atoms with Gasteiger partial charge in [0.2, 0.25) is 0 Å². The molecule has 3 aromatic carbocycles. The molecule has 4 aromatic rings. The van der Waals surface area contributed by atoms with Gasteiger partial charge in [-0.05, 0) is 34.5 Å². The van der Waals surface area contributed by atoms with E-state index in [2.05, 4.69) is 22.4 Å². The van der Waals surface area contributed by atoms with E-state index in [9.17, 15) is 4.79 Å². The number of amides is 1. The number of hydrogen-bond donors (Lipinski definition) is 1. The number of carbonyl (C=O) groups is 1. The topological polar surface area (TPSA) is 51.2 Å². The molecule has 0 aliphatic rings. The van der Waals surface area contributed by atoms with Crippen molar-refractivity contribution in [3.63, 3.8) is 0 Å². The van der Waals surface area contributed by atoms with Gasteiger partial charge >= 0.3 is 0 Å². The normalized spacial score (nSPS) is 10.7. The summed E-state index contributed by atoms with van der Waals surface area (Å²) >= 11 is 12.2. The lowest BCUT2D eigenvalue weighted by Gasteiger charge is -2.14. The first-order valence-corrected chi connectivity index (χ1v) is 9.60. The summed E-state index contributed by atoms with van der Waals surface area (Å²) in [5, 5.41) is 5.49. The molecule has 0 saturated carbocycles. The average Bonchev–Trinajstić information content (AvgIpc) is 2.75. The summed E-state index contributed by atoms with van der Waals surface area (Å²) in [6.07, 6.45) is 2.86. The predicted octanol–water partition coefficient (Wildman–Crippen LogP) is 6.47. The number of methoxy groups -OCH3 is 1. The Kier molecular flexibility index (Phi) is 5.38. The fourth-order valence-electron chi connectivity index (χ4n) is 3.24. The summed E-state index contributed by atoms with van der Waals surface area (Å²) in [5.74, 6) is 0.349. The van der Waals surface area contributed by atoms with Crippen LogP contribution in [0.25, 0.3) is 21.9 Å². The molecule has 6 heteroatoms. The first kappa shape index (κ1) is 19.2. The zero-order valence-electron chi connectivity index (χ0n) is 15.4. The van der Waals surface area contributed by atoms with Crippen molar-refractivity contribution in [3.8, 4) is 16.9 Å². The van der Waals surface area contributed by atoms with Crippen molar-refractivity contribution in [2.75, 3.05) is 12.4 Å². The van der Waals surface area contributed by atoms with Crippen LogP contribution in [0.2, 0.25) is 10.0 Å². The number of hydrogen-bond acceptors (Lipinski definition) is 3. The molecular weight excluding hydrogens is 407 g/mol. The summed E-state index contributed by atoms with van der Waals surface area (Å²) < 4.78 is 5.56. The Bertz CT molecular complexity index is 1200. The number of pyridine rings is 1. The van der Waals surface area contributed by atoms with Gasteiger partial charge in [-0.25, -0.2) is 0 Å². The molecule has 0 radical (unpaired) electrons. The third kappa shape index (κ3) is 3.77. The van der Waals surface area contributed by atoms with Gasteiger partial charge in [0, 0.05) is 23.5 Å². The molecule has 1 heterocycles. The van der Waals surface area contributed by atoms with E-state index in [0.29, 0.717) is 17.0 Å². The van der Waals surface area contributed by atoms with Gasteiger partial charge in [0.25, 0.3) is 5.91 Å². The fraction of sp³-hybridized carbons (Fsp3) is 0.0435. The third-order valence-electron chi connectivity index (χ3n) is 4.63. The third-order valence-corrected chi connectivity index (χ3v) is 5.21. The number of fused-ring (bicyclic) bond motifs is 1. The minimum Gasteiger partial charge on any atom is -0.496 e. The second kappa shape index (κ2) is 8.11. The van der Waals surface area contributed by atoms with Crippen LogP contribution in [0.4, 0.5) is 5.69 Å². The van der Waals surface area contributed by atoms with E-state index in [1.807, 2.05) is 30.3 Å². The number of halogens is 2. The lowest BCUT2D eigenvalue weighted by molar-refractivity contribution is 0.102. The largest absolute Gasteiger partial charge is 0.496 e. The van der Waals surface area contributed by atoms with Crippen molar-refractivity contribution < 1.29 is 9.53 Å². The Labute approximate surface area is 178 Å². The zero-order valence-corrected chi connectivity index (χ0v) is 17.0. The van der Waals surface area contributed by atoms with Crippen molar-refractivity contribution in [1.82, 2.24) is 4.98 Å². The van der Waals surface area contributed by atoms with Crippen molar-refractivity contribution in [2.24, 2.45) is 0 Å². The quantitative estimate of drug-likeness (QED) is 0.409.